The normalized spacial score (nSPS) is 11.4. The second kappa shape index (κ2) is 7.20. The maximum absolute atomic E-state index is 11.2. The topological polar surface area (TPSA) is 89.3 Å². The van der Waals surface area contributed by atoms with Crippen LogP contribution in [0.3, 0.4) is 0 Å². The van der Waals surface area contributed by atoms with Gasteiger partial charge in [0.05, 0.1) is 10.7 Å². The van der Waals surface area contributed by atoms with Crippen LogP contribution in [0.1, 0.15) is 18.9 Å². The van der Waals surface area contributed by atoms with E-state index in [1.807, 2.05) is 0 Å². The summed E-state index contributed by atoms with van der Waals surface area (Å²) in [6.45, 7) is 2.70. The van der Waals surface area contributed by atoms with Gasteiger partial charge in [0.15, 0.2) is 0 Å². The predicted molar refractivity (Wildman–Crippen MR) is 73.7 cm³/mol. The highest BCUT2D eigenvalue weighted by atomic mass is 32.2. The minimum absolute atomic E-state index is 0.0628. The molecule has 0 aliphatic carbocycles. The van der Waals surface area contributed by atoms with E-state index in [1.54, 1.807) is 19.1 Å². The van der Waals surface area contributed by atoms with Crippen LogP contribution in [-0.4, -0.2) is 31.4 Å². The van der Waals surface area contributed by atoms with Gasteiger partial charge in [0.2, 0.25) is 0 Å². The molecule has 0 fully saturated rings. The number of nitrogens with zero attached hydrogens (tertiary/aromatic N) is 1. The van der Waals surface area contributed by atoms with E-state index in [1.165, 1.54) is 12.1 Å². The summed E-state index contributed by atoms with van der Waals surface area (Å²) in [4.78, 5) is 10.2. The fourth-order valence-corrected chi connectivity index (χ4v) is 2.45. The van der Waals surface area contributed by atoms with Gasteiger partial charge in [0, 0.05) is 24.4 Å². The summed E-state index contributed by atoms with van der Waals surface area (Å²) in [5.74, 6) is 0.337. The third kappa shape index (κ3) is 5.80. The second-order valence-electron chi connectivity index (χ2n) is 4.19. The Labute approximate surface area is 112 Å². The van der Waals surface area contributed by atoms with Gasteiger partial charge in [-0.3, -0.25) is 10.1 Å². The van der Waals surface area contributed by atoms with Gasteiger partial charge in [0.25, 0.3) is 5.69 Å². The summed E-state index contributed by atoms with van der Waals surface area (Å²) in [6, 6.07) is 6.38. The molecule has 0 amide bonds. The minimum atomic E-state index is -2.91. The van der Waals surface area contributed by atoms with Crippen molar-refractivity contribution >= 4 is 15.5 Å². The highest BCUT2D eigenvalue weighted by molar-refractivity contribution is 7.91. The van der Waals surface area contributed by atoms with Crippen molar-refractivity contribution in [2.24, 2.45) is 0 Å². The fraction of sp³-hybridized carbons (Fsp3) is 0.500. The molecule has 0 atom stereocenters. The van der Waals surface area contributed by atoms with Crippen LogP contribution in [0.4, 0.5) is 5.69 Å². The molecule has 1 aromatic rings. The first-order chi connectivity index (χ1) is 8.94. The molecule has 0 aliphatic heterocycles. The highest BCUT2D eigenvalue weighted by Crippen LogP contribution is 2.12. The molecular weight excluding hydrogens is 268 g/mol. The number of nitro groups is 1. The zero-order valence-electron chi connectivity index (χ0n) is 10.8. The highest BCUT2D eigenvalue weighted by Gasteiger charge is 2.07. The Morgan fingerprint density at radius 2 is 2.11 bits per heavy atom. The van der Waals surface area contributed by atoms with E-state index >= 15 is 0 Å². The molecule has 0 aliphatic rings. The van der Waals surface area contributed by atoms with Crippen LogP contribution < -0.4 is 5.32 Å². The maximum Gasteiger partial charge on any atom is 0.269 e. The molecular formula is C12H18N2O4S. The number of nitrogens with one attached hydrogen (secondary N) is 1. The molecule has 0 aromatic heterocycles. The largest absolute Gasteiger partial charge is 0.313 e. The molecule has 0 heterocycles. The number of rotatable bonds is 8. The van der Waals surface area contributed by atoms with Crippen LogP contribution >= 0.6 is 0 Å². The number of nitro benzene ring substituents is 1. The van der Waals surface area contributed by atoms with Gasteiger partial charge >= 0.3 is 0 Å². The van der Waals surface area contributed by atoms with Crippen molar-refractivity contribution < 1.29 is 13.3 Å². The number of hydrogen-bond donors (Lipinski definition) is 1. The quantitative estimate of drug-likeness (QED) is 0.444. The summed E-state index contributed by atoms with van der Waals surface area (Å²) < 4.78 is 22.5. The molecule has 0 saturated carbocycles. The van der Waals surface area contributed by atoms with Crippen LogP contribution in [0, 0.1) is 10.1 Å². The van der Waals surface area contributed by atoms with Crippen molar-refractivity contribution in [3.63, 3.8) is 0 Å². The van der Waals surface area contributed by atoms with Gasteiger partial charge in [-0.2, -0.15) is 0 Å². The van der Waals surface area contributed by atoms with Crippen LogP contribution in [0.25, 0.3) is 0 Å². The monoisotopic (exact) mass is 286 g/mol. The second-order valence-corrected chi connectivity index (χ2v) is 6.67. The van der Waals surface area contributed by atoms with Gasteiger partial charge in [0.1, 0.15) is 9.84 Å². The van der Waals surface area contributed by atoms with Gasteiger partial charge in [-0.15, -0.1) is 0 Å². The Bertz CT molecular complexity index is 528. The predicted octanol–water partition coefficient (Wildman–Crippen LogP) is 1.51. The van der Waals surface area contributed by atoms with Crippen molar-refractivity contribution in [3.8, 4) is 0 Å². The third-order valence-corrected chi connectivity index (χ3v) is 4.49. The lowest BCUT2D eigenvalue weighted by Gasteiger charge is -2.05. The summed E-state index contributed by atoms with van der Waals surface area (Å²) in [7, 11) is -2.91. The molecule has 1 N–H and O–H groups in total. The smallest absolute Gasteiger partial charge is 0.269 e. The van der Waals surface area contributed by atoms with Gasteiger partial charge in [-0.1, -0.05) is 19.1 Å². The fourth-order valence-electron chi connectivity index (χ4n) is 1.57. The number of hydrogen-bond acceptors (Lipinski definition) is 5. The summed E-state index contributed by atoms with van der Waals surface area (Å²) in [5.41, 5.74) is 0.875. The average Bonchev–Trinajstić information content (AvgIpc) is 2.38. The van der Waals surface area contributed by atoms with E-state index in [0.717, 1.165) is 5.56 Å². The first-order valence-corrected chi connectivity index (χ1v) is 7.91. The van der Waals surface area contributed by atoms with E-state index in [-0.39, 0.29) is 17.2 Å². The lowest BCUT2D eigenvalue weighted by atomic mass is 10.2. The van der Waals surface area contributed by atoms with Gasteiger partial charge in [-0.05, 0) is 18.5 Å². The SMILES string of the molecule is CCS(=O)(=O)CCCNCc1cccc([N+](=O)[O-])c1. The Morgan fingerprint density at radius 1 is 1.37 bits per heavy atom. The van der Waals surface area contributed by atoms with Gasteiger partial charge in [-0.25, -0.2) is 8.42 Å². The van der Waals surface area contributed by atoms with E-state index in [2.05, 4.69) is 5.32 Å². The van der Waals surface area contributed by atoms with Crippen molar-refractivity contribution in [3.05, 3.63) is 39.9 Å². The molecule has 0 unspecified atom stereocenters. The molecule has 106 valence electrons. The molecule has 0 saturated heterocycles. The molecule has 7 heteroatoms. The van der Waals surface area contributed by atoms with Crippen molar-refractivity contribution in [1.82, 2.24) is 5.32 Å². The van der Waals surface area contributed by atoms with E-state index in [9.17, 15) is 18.5 Å². The first kappa shape index (κ1) is 15.6. The number of benzene rings is 1. The van der Waals surface area contributed by atoms with Crippen LogP contribution in [-0.2, 0) is 16.4 Å². The van der Waals surface area contributed by atoms with E-state index in [4.69, 9.17) is 0 Å². The van der Waals surface area contributed by atoms with Crippen LogP contribution in [0.2, 0.25) is 0 Å². The Kier molecular flexibility index (Phi) is 5.91. The zero-order chi connectivity index (χ0) is 14.3. The summed E-state index contributed by atoms with van der Waals surface area (Å²) in [5, 5.41) is 13.7. The lowest BCUT2D eigenvalue weighted by Crippen LogP contribution is -2.19. The molecule has 0 bridgehead atoms. The van der Waals surface area contributed by atoms with Crippen molar-refractivity contribution in [2.75, 3.05) is 18.1 Å². The summed E-state index contributed by atoms with van der Waals surface area (Å²) in [6.07, 6.45) is 0.547. The number of sulfone groups is 1. The van der Waals surface area contributed by atoms with Crippen LogP contribution in [0.5, 0.6) is 0 Å². The Hall–Kier alpha value is -1.47. The minimum Gasteiger partial charge on any atom is -0.313 e. The lowest BCUT2D eigenvalue weighted by molar-refractivity contribution is -0.384. The average molecular weight is 286 g/mol. The Morgan fingerprint density at radius 3 is 2.74 bits per heavy atom. The molecule has 0 spiro atoms. The Balaban J connectivity index is 2.34. The van der Waals surface area contributed by atoms with E-state index < -0.39 is 14.8 Å². The third-order valence-electron chi connectivity index (χ3n) is 2.70. The first-order valence-electron chi connectivity index (χ1n) is 6.09. The molecule has 6 nitrogen and oxygen atoms in total. The maximum atomic E-state index is 11.2. The molecule has 1 aromatic carbocycles. The number of non-ortho nitro benzene ring substituents is 1. The molecule has 19 heavy (non-hydrogen) atoms. The molecule has 0 radical (unpaired) electrons. The van der Waals surface area contributed by atoms with Crippen molar-refractivity contribution in [1.29, 1.82) is 0 Å². The van der Waals surface area contributed by atoms with E-state index in [0.29, 0.717) is 19.5 Å². The molecule has 1 rings (SSSR count). The van der Waals surface area contributed by atoms with Crippen LogP contribution in [0.15, 0.2) is 24.3 Å². The van der Waals surface area contributed by atoms with Crippen molar-refractivity contribution in [2.45, 2.75) is 19.9 Å². The van der Waals surface area contributed by atoms with Gasteiger partial charge < -0.3 is 5.32 Å². The summed E-state index contributed by atoms with van der Waals surface area (Å²) >= 11 is 0. The standard InChI is InChI=1S/C12H18N2O4S/c1-2-19(17,18)8-4-7-13-10-11-5-3-6-12(9-11)14(15)16/h3,5-6,9,13H,2,4,7-8,10H2,1H3. The zero-order valence-corrected chi connectivity index (χ0v) is 11.6.